The minimum Gasteiger partial charge on any atom is -0.397 e. The second kappa shape index (κ2) is 17.3. The summed E-state index contributed by atoms with van der Waals surface area (Å²) in [6.45, 7) is 16.7. The summed E-state index contributed by atoms with van der Waals surface area (Å²) in [6.07, 6.45) is 3.44. The van der Waals surface area contributed by atoms with E-state index >= 15 is 0 Å². The molecule has 0 amide bonds. The van der Waals surface area contributed by atoms with Crippen LogP contribution in [0.5, 0.6) is 0 Å². The molecule has 20 heavy (non-hydrogen) atoms. The number of hydrogen-bond donors (Lipinski definition) is 3. The molecular formula is C16H33HfO3-. The molecule has 0 heterocycles. The van der Waals surface area contributed by atoms with Crippen molar-refractivity contribution < 1.29 is 41.2 Å². The normalized spacial score (nSPS) is 14.4. The molecule has 0 fully saturated rings. The van der Waals surface area contributed by atoms with Gasteiger partial charge in [-0.3, -0.25) is 6.08 Å². The van der Waals surface area contributed by atoms with Crippen molar-refractivity contribution in [2.75, 3.05) is 19.8 Å². The largest absolute Gasteiger partial charge is 0.397 e. The first-order valence-corrected chi connectivity index (χ1v) is 6.82. The van der Waals surface area contributed by atoms with Crippen molar-refractivity contribution in [2.45, 2.75) is 55.4 Å². The minimum absolute atomic E-state index is 0. The first-order valence-electron chi connectivity index (χ1n) is 6.82. The Hall–Kier alpha value is 0.230. The Labute approximate surface area is 144 Å². The van der Waals surface area contributed by atoms with Crippen molar-refractivity contribution in [1.29, 1.82) is 0 Å². The summed E-state index contributed by atoms with van der Waals surface area (Å²) >= 11 is 0. The van der Waals surface area contributed by atoms with Gasteiger partial charge < -0.3 is 15.3 Å². The van der Waals surface area contributed by atoms with Crippen molar-refractivity contribution in [3.8, 4) is 0 Å². The molecule has 120 valence electrons. The van der Waals surface area contributed by atoms with E-state index in [1.165, 1.54) is 16.7 Å². The van der Waals surface area contributed by atoms with Gasteiger partial charge in [-0.1, -0.05) is 33.1 Å². The standard InChI is InChI=1S/C10H15.3C2H6O.Hf/c1-7-6-10(4,5)9(3)8(7)2;3*1-2-3;/h1-5H3;3*3H,2H2,1H3;/q-1;;;;. The maximum Gasteiger partial charge on any atom is 0.0402 e. The molecule has 0 unspecified atom stereocenters. The molecule has 0 saturated heterocycles. The Bertz CT molecular complexity index is 264. The van der Waals surface area contributed by atoms with Crippen LogP contribution < -0.4 is 0 Å². The number of hydrogen-bond acceptors (Lipinski definition) is 3. The van der Waals surface area contributed by atoms with Gasteiger partial charge in [0.05, 0.1) is 0 Å². The van der Waals surface area contributed by atoms with Gasteiger partial charge in [0.15, 0.2) is 0 Å². The fraction of sp³-hybridized carbons (Fsp3) is 0.750. The first-order chi connectivity index (χ1) is 8.69. The SMILES string of the molecule is CC1=[C-]C(C)(C)C(C)=C1C.CCO.CCO.CCO.[Hf]. The van der Waals surface area contributed by atoms with E-state index in [1.54, 1.807) is 20.8 Å². The van der Waals surface area contributed by atoms with Crippen LogP contribution in [0.4, 0.5) is 0 Å². The Morgan fingerprint density at radius 1 is 0.850 bits per heavy atom. The Kier molecular flexibility index (Phi) is 24.5. The van der Waals surface area contributed by atoms with Crippen LogP contribution in [-0.2, 0) is 25.8 Å². The molecule has 0 aromatic carbocycles. The summed E-state index contributed by atoms with van der Waals surface area (Å²) in [7, 11) is 0. The zero-order chi connectivity index (χ0) is 16.1. The van der Waals surface area contributed by atoms with Gasteiger partial charge in [-0.2, -0.15) is 11.1 Å². The van der Waals surface area contributed by atoms with Crippen molar-refractivity contribution in [3.05, 3.63) is 22.8 Å². The second-order valence-electron chi connectivity index (χ2n) is 4.57. The smallest absolute Gasteiger partial charge is 0.0402 e. The average Bonchev–Trinajstić information content (AvgIpc) is 2.45. The van der Waals surface area contributed by atoms with Crippen LogP contribution in [0.25, 0.3) is 0 Å². The van der Waals surface area contributed by atoms with Crippen molar-refractivity contribution >= 4 is 0 Å². The summed E-state index contributed by atoms with van der Waals surface area (Å²) in [6, 6.07) is 0. The fourth-order valence-electron chi connectivity index (χ4n) is 1.41. The molecule has 0 atom stereocenters. The third-order valence-corrected chi connectivity index (χ3v) is 2.56. The van der Waals surface area contributed by atoms with Gasteiger partial charge in [-0.15, -0.1) is 6.92 Å². The summed E-state index contributed by atoms with van der Waals surface area (Å²) in [5, 5.41) is 22.7. The van der Waals surface area contributed by atoms with Gasteiger partial charge >= 0.3 is 0 Å². The Morgan fingerprint density at radius 2 is 1.10 bits per heavy atom. The van der Waals surface area contributed by atoms with Crippen molar-refractivity contribution in [2.24, 2.45) is 5.41 Å². The molecule has 4 heteroatoms. The van der Waals surface area contributed by atoms with Gasteiger partial charge in [0, 0.05) is 45.7 Å². The van der Waals surface area contributed by atoms with Gasteiger partial charge in [0.1, 0.15) is 0 Å². The zero-order valence-corrected chi connectivity index (χ0v) is 18.1. The Balaban J connectivity index is -0.000000108. The summed E-state index contributed by atoms with van der Waals surface area (Å²) < 4.78 is 0. The van der Waals surface area contributed by atoms with Crippen LogP contribution in [0, 0.1) is 11.5 Å². The van der Waals surface area contributed by atoms with Gasteiger partial charge in [0.2, 0.25) is 0 Å². The average molecular weight is 452 g/mol. The molecule has 3 nitrogen and oxygen atoms in total. The van der Waals surface area contributed by atoms with Crippen molar-refractivity contribution in [3.63, 3.8) is 0 Å². The molecule has 0 aromatic heterocycles. The van der Waals surface area contributed by atoms with E-state index < -0.39 is 0 Å². The Morgan fingerprint density at radius 3 is 1.15 bits per heavy atom. The van der Waals surface area contributed by atoms with Crippen LogP contribution in [0.2, 0.25) is 0 Å². The topological polar surface area (TPSA) is 60.7 Å². The van der Waals surface area contributed by atoms with Crippen LogP contribution in [0.1, 0.15) is 55.4 Å². The molecule has 1 aliphatic carbocycles. The van der Waals surface area contributed by atoms with E-state index in [2.05, 4.69) is 40.7 Å². The van der Waals surface area contributed by atoms with Gasteiger partial charge in [-0.05, 0) is 20.8 Å². The molecule has 0 aliphatic heterocycles. The molecule has 0 radical (unpaired) electrons. The third-order valence-electron chi connectivity index (χ3n) is 2.56. The summed E-state index contributed by atoms with van der Waals surface area (Å²) in [5.74, 6) is 0. The predicted octanol–water partition coefficient (Wildman–Crippen LogP) is 3.11. The third kappa shape index (κ3) is 14.6. The molecule has 0 saturated carbocycles. The van der Waals surface area contributed by atoms with Gasteiger partial charge in [-0.25, -0.2) is 5.57 Å². The van der Waals surface area contributed by atoms with Crippen LogP contribution in [0.3, 0.4) is 0 Å². The molecule has 0 bridgehead atoms. The summed E-state index contributed by atoms with van der Waals surface area (Å²) in [4.78, 5) is 0. The molecule has 0 spiro atoms. The minimum atomic E-state index is 0. The second-order valence-corrected chi connectivity index (χ2v) is 4.57. The number of aliphatic hydroxyl groups excluding tert-OH is 3. The van der Waals surface area contributed by atoms with E-state index in [1.807, 2.05) is 0 Å². The van der Waals surface area contributed by atoms with Crippen LogP contribution in [-0.4, -0.2) is 35.1 Å². The maximum atomic E-state index is 7.57. The van der Waals surface area contributed by atoms with E-state index in [0.29, 0.717) is 0 Å². The van der Waals surface area contributed by atoms with Crippen LogP contribution >= 0.6 is 0 Å². The monoisotopic (exact) mass is 453 g/mol. The predicted molar refractivity (Wildman–Crippen MR) is 82.9 cm³/mol. The first kappa shape index (κ1) is 28.4. The number of aliphatic hydroxyl groups is 3. The molecule has 1 aliphatic rings. The van der Waals surface area contributed by atoms with Crippen molar-refractivity contribution in [1.82, 2.24) is 0 Å². The van der Waals surface area contributed by atoms with E-state index in [-0.39, 0.29) is 51.1 Å². The number of allylic oxidation sites excluding steroid dienone is 4. The van der Waals surface area contributed by atoms with E-state index in [0.717, 1.165) is 0 Å². The molecular weight excluding hydrogens is 419 g/mol. The maximum absolute atomic E-state index is 7.57. The zero-order valence-electron chi connectivity index (χ0n) is 14.5. The quantitative estimate of drug-likeness (QED) is 0.392. The summed E-state index contributed by atoms with van der Waals surface area (Å²) in [5.41, 5.74) is 4.39. The van der Waals surface area contributed by atoms with Gasteiger partial charge in [0.25, 0.3) is 0 Å². The fourth-order valence-corrected chi connectivity index (χ4v) is 1.41. The molecule has 3 N–H and O–H groups in total. The van der Waals surface area contributed by atoms with E-state index in [9.17, 15) is 0 Å². The number of rotatable bonds is 0. The molecule has 1 rings (SSSR count). The van der Waals surface area contributed by atoms with E-state index in [4.69, 9.17) is 15.3 Å². The van der Waals surface area contributed by atoms with Crippen LogP contribution in [0.15, 0.2) is 16.7 Å². The molecule has 0 aromatic rings.